The van der Waals surface area contributed by atoms with Crippen molar-refractivity contribution in [1.82, 2.24) is 5.32 Å². The Morgan fingerprint density at radius 3 is 2.56 bits per heavy atom. The van der Waals surface area contributed by atoms with E-state index in [4.69, 9.17) is 27.4 Å². The first-order valence-corrected chi connectivity index (χ1v) is 5.55. The summed E-state index contributed by atoms with van der Waals surface area (Å²) >= 11 is 4.95. The smallest absolute Gasteiger partial charge is 0.408 e. The molecule has 0 bridgehead atoms. The van der Waals surface area contributed by atoms with Gasteiger partial charge >= 0.3 is 6.09 Å². The van der Waals surface area contributed by atoms with Crippen LogP contribution < -0.4 is 11.1 Å². The maximum atomic E-state index is 11.6. The molecule has 3 N–H and O–H groups in total. The normalized spacial score (nSPS) is 25.2. The number of ether oxygens (including phenoxy) is 2. The van der Waals surface area contributed by atoms with Gasteiger partial charge in [-0.1, -0.05) is 12.2 Å². The molecule has 0 aromatic rings. The molecule has 1 aliphatic rings. The molecule has 0 saturated carbocycles. The van der Waals surface area contributed by atoms with E-state index in [2.05, 4.69) is 5.32 Å². The molecule has 1 atom stereocenters. The number of carbonyl (C=O) groups excluding carboxylic acids is 1. The van der Waals surface area contributed by atoms with E-state index in [1.807, 2.05) is 0 Å². The van der Waals surface area contributed by atoms with E-state index in [-0.39, 0.29) is 4.99 Å². The molecule has 0 spiro atoms. The van der Waals surface area contributed by atoms with Crippen molar-refractivity contribution in [2.75, 3.05) is 13.2 Å². The second-order valence-electron chi connectivity index (χ2n) is 4.88. The number of nitrogens with one attached hydrogen (secondary N) is 1. The van der Waals surface area contributed by atoms with Crippen LogP contribution in [0.2, 0.25) is 0 Å². The summed E-state index contributed by atoms with van der Waals surface area (Å²) in [6, 6.07) is 0. The molecule has 1 aliphatic heterocycles. The third-order valence-electron chi connectivity index (χ3n) is 2.23. The predicted octanol–water partition coefficient (Wildman–Crippen LogP) is 0.956. The number of rotatable bonds is 2. The van der Waals surface area contributed by atoms with Crippen LogP contribution in [0.3, 0.4) is 0 Å². The SMILES string of the molecule is CC(C)(C)OC(=O)NC1(C(N)=S)CCOC1. The van der Waals surface area contributed by atoms with Crippen LogP contribution in [0.1, 0.15) is 27.2 Å². The van der Waals surface area contributed by atoms with Crippen molar-refractivity contribution >= 4 is 23.3 Å². The monoisotopic (exact) mass is 246 g/mol. The standard InChI is InChI=1S/C10H18N2O3S/c1-9(2,3)15-8(13)12-10(7(11)16)4-5-14-6-10/h4-6H2,1-3H3,(H2,11,16)(H,12,13). The summed E-state index contributed by atoms with van der Waals surface area (Å²) in [5, 5.41) is 2.70. The van der Waals surface area contributed by atoms with E-state index in [0.717, 1.165) is 0 Å². The number of amides is 1. The number of carbonyl (C=O) groups is 1. The molecule has 1 amide bonds. The fourth-order valence-corrected chi connectivity index (χ4v) is 1.63. The minimum absolute atomic E-state index is 0.232. The zero-order chi connectivity index (χ0) is 12.4. The van der Waals surface area contributed by atoms with Gasteiger partial charge in [0, 0.05) is 13.0 Å². The van der Waals surface area contributed by atoms with Crippen molar-refractivity contribution < 1.29 is 14.3 Å². The minimum Gasteiger partial charge on any atom is -0.444 e. The summed E-state index contributed by atoms with van der Waals surface area (Å²) in [6.07, 6.45) is 0.0625. The highest BCUT2D eigenvalue weighted by Gasteiger charge is 2.40. The maximum absolute atomic E-state index is 11.6. The summed E-state index contributed by atoms with van der Waals surface area (Å²) in [5.74, 6) is 0. The quantitative estimate of drug-likeness (QED) is 0.710. The number of nitrogens with two attached hydrogens (primary N) is 1. The first kappa shape index (κ1) is 13.2. The fourth-order valence-electron chi connectivity index (χ4n) is 1.42. The Labute approximate surface area is 101 Å². The van der Waals surface area contributed by atoms with Crippen molar-refractivity contribution in [3.63, 3.8) is 0 Å². The fraction of sp³-hybridized carbons (Fsp3) is 0.800. The van der Waals surface area contributed by atoms with Crippen LogP contribution in [-0.4, -0.2) is 35.4 Å². The second kappa shape index (κ2) is 4.55. The highest BCUT2D eigenvalue weighted by molar-refractivity contribution is 7.80. The van der Waals surface area contributed by atoms with Gasteiger partial charge in [0.05, 0.1) is 6.61 Å². The lowest BCUT2D eigenvalue weighted by molar-refractivity contribution is 0.0477. The molecular weight excluding hydrogens is 228 g/mol. The molecule has 1 saturated heterocycles. The molecule has 0 radical (unpaired) electrons. The Kier molecular flexibility index (Phi) is 3.75. The van der Waals surface area contributed by atoms with Gasteiger partial charge in [0.25, 0.3) is 0 Å². The van der Waals surface area contributed by atoms with Crippen molar-refractivity contribution in [3.8, 4) is 0 Å². The molecule has 1 unspecified atom stereocenters. The lowest BCUT2D eigenvalue weighted by atomic mass is 9.99. The number of hydrogen-bond acceptors (Lipinski definition) is 4. The minimum atomic E-state index is -0.752. The zero-order valence-electron chi connectivity index (χ0n) is 9.83. The third kappa shape index (κ3) is 3.31. The first-order chi connectivity index (χ1) is 7.25. The van der Waals surface area contributed by atoms with E-state index in [1.54, 1.807) is 20.8 Å². The van der Waals surface area contributed by atoms with Crippen molar-refractivity contribution in [3.05, 3.63) is 0 Å². The highest BCUT2D eigenvalue weighted by atomic mass is 32.1. The summed E-state index contributed by atoms with van der Waals surface area (Å²) in [5.41, 5.74) is 4.33. The van der Waals surface area contributed by atoms with E-state index in [0.29, 0.717) is 19.6 Å². The van der Waals surface area contributed by atoms with Gasteiger partial charge in [-0.2, -0.15) is 0 Å². The van der Waals surface area contributed by atoms with Crippen LogP contribution in [0.15, 0.2) is 0 Å². The van der Waals surface area contributed by atoms with Gasteiger partial charge < -0.3 is 20.5 Å². The Morgan fingerprint density at radius 2 is 2.19 bits per heavy atom. The van der Waals surface area contributed by atoms with Crippen LogP contribution in [0.5, 0.6) is 0 Å². The van der Waals surface area contributed by atoms with E-state index in [9.17, 15) is 4.79 Å². The zero-order valence-corrected chi connectivity index (χ0v) is 10.6. The topological polar surface area (TPSA) is 73.6 Å². The molecule has 1 heterocycles. The summed E-state index contributed by atoms with van der Waals surface area (Å²) in [7, 11) is 0. The molecule has 0 aliphatic carbocycles. The van der Waals surface area contributed by atoms with Crippen LogP contribution >= 0.6 is 12.2 Å². The molecule has 0 aromatic heterocycles. The van der Waals surface area contributed by atoms with Crippen molar-refractivity contribution in [1.29, 1.82) is 0 Å². The van der Waals surface area contributed by atoms with Crippen LogP contribution in [-0.2, 0) is 9.47 Å². The van der Waals surface area contributed by atoms with Crippen LogP contribution in [0.25, 0.3) is 0 Å². The van der Waals surface area contributed by atoms with E-state index in [1.165, 1.54) is 0 Å². The largest absolute Gasteiger partial charge is 0.444 e. The number of thiocarbonyl (C=S) groups is 1. The Hall–Kier alpha value is -0.880. The van der Waals surface area contributed by atoms with Gasteiger partial charge in [-0.15, -0.1) is 0 Å². The van der Waals surface area contributed by atoms with Crippen molar-refractivity contribution in [2.45, 2.75) is 38.3 Å². The van der Waals surface area contributed by atoms with Crippen LogP contribution in [0.4, 0.5) is 4.79 Å². The van der Waals surface area contributed by atoms with Gasteiger partial charge in [-0.3, -0.25) is 0 Å². The van der Waals surface area contributed by atoms with Gasteiger partial charge in [0.1, 0.15) is 16.1 Å². The number of hydrogen-bond donors (Lipinski definition) is 2. The van der Waals surface area contributed by atoms with Gasteiger partial charge in [0.15, 0.2) is 0 Å². The average molecular weight is 246 g/mol. The van der Waals surface area contributed by atoms with Gasteiger partial charge in [-0.05, 0) is 20.8 Å². The lowest BCUT2D eigenvalue weighted by Crippen LogP contribution is -2.58. The van der Waals surface area contributed by atoms with Gasteiger partial charge in [0.2, 0.25) is 0 Å². The van der Waals surface area contributed by atoms with E-state index >= 15 is 0 Å². The molecular formula is C10H18N2O3S. The Bertz CT molecular complexity index is 293. The Balaban J connectivity index is 2.63. The molecule has 5 nitrogen and oxygen atoms in total. The summed E-state index contributed by atoms with van der Waals surface area (Å²) in [6.45, 7) is 6.23. The molecule has 1 rings (SSSR count). The average Bonchev–Trinajstić information content (AvgIpc) is 2.49. The molecule has 6 heteroatoms. The first-order valence-electron chi connectivity index (χ1n) is 5.14. The highest BCUT2D eigenvalue weighted by Crippen LogP contribution is 2.20. The maximum Gasteiger partial charge on any atom is 0.408 e. The predicted molar refractivity (Wildman–Crippen MR) is 64.3 cm³/mol. The molecule has 16 heavy (non-hydrogen) atoms. The molecule has 92 valence electrons. The number of alkyl carbamates (subject to hydrolysis) is 1. The van der Waals surface area contributed by atoms with Gasteiger partial charge in [-0.25, -0.2) is 4.79 Å². The Morgan fingerprint density at radius 1 is 1.56 bits per heavy atom. The summed E-state index contributed by atoms with van der Waals surface area (Å²) in [4.78, 5) is 11.9. The van der Waals surface area contributed by atoms with Crippen LogP contribution in [0, 0.1) is 0 Å². The molecule has 0 aromatic carbocycles. The lowest BCUT2D eigenvalue weighted by Gasteiger charge is -2.29. The molecule has 1 fully saturated rings. The summed E-state index contributed by atoms with van der Waals surface area (Å²) < 4.78 is 10.4. The third-order valence-corrected chi connectivity index (χ3v) is 2.62. The van der Waals surface area contributed by atoms with E-state index < -0.39 is 17.2 Å². The second-order valence-corrected chi connectivity index (χ2v) is 5.32. The van der Waals surface area contributed by atoms with Crippen molar-refractivity contribution in [2.24, 2.45) is 5.73 Å².